The number of para-hydroxylation sites is 1. The number of thiazole rings is 1. The number of benzene rings is 3. The van der Waals surface area contributed by atoms with Gasteiger partial charge in [-0.2, -0.15) is 0 Å². The molecule has 186 valence electrons. The Morgan fingerprint density at radius 1 is 0.917 bits per heavy atom. The first-order valence-corrected chi connectivity index (χ1v) is 12.8. The average molecular weight is 502 g/mol. The van der Waals surface area contributed by atoms with Crippen LogP contribution in [0.1, 0.15) is 50.5 Å². The summed E-state index contributed by atoms with van der Waals surface area (Å²) in [7, 11) is 0. The molecule has 0 saturated carbocycles. The third-order valence-electron chi connectivity index (χ3n) is 5.82. The van der Waals surface area contributed by atoms with Crippen LogP contribution >= 0.6 is 11.3 Å². The van der Waals surface area contributed by atoms with E-state index in [0.717, 1.165) is 21.5 Å². The van der Waals surface area contributed by atoms with E-state index in [1.807, 2.05) is 74.5 Å². The highest BCUT2D eigenvalue weighted by molar-refractivity contribution is 7.22. The first-order chi connectivity index (χ1) is 17.1. The zero-order chi connectivity index (χ0) is 25.9. The number of hydrogen-bond acceptors (Lipinski definition) is 5. The van der Waals surface area contributed by atoms with Crippen molar-refractivity contribution in [1.82, 2.24) is 10.3 Å². The lowest BCUT2D eigenvalue weighted by Crippen LogP contribution is -2.47. The first kappa shape index (κ1) is 25.4. The highest BCUT2D eigenvalue weighted by Crippen LogP contribution is 2.31. The quantitative estimate of drug-likeness (QED) is 0.293. The van der Waals surface area contributed by atoms with Gasteiger partial charge in [0.25, 0.3) is 5.91 Å². The Balaban J connectivity index is 1.45. The summed E-state index contributed by atoms with van der Waals surface area (Å²) < 4.78 is 6.79. The van der Waals surface area contributed by atoms with Crippen LogP contribution in [0.15, 0.2) is 72.8 Å². The van der Waals surface area contributed by atoms with Crippen molar-refractivity contribution in [3.05, 3.63) is 83.9 Å². The standard InChI is InChI=1S/C29H31N3O3S/c1-18(2)25(31-26(33)19-11-13-20(14-12-19)29(3,4)5)27(34)32-28-30-23-16-15-22(17-24(23)36-28)35-21-9-7-6-8-10-21/h6-18,25H,1-5H3,(H,31,33)(H,30,32,34). The lowest BCUT2D eigenvalue weighted by atomic mass is 9.86. The molecule has 2 amide bonds. The molecule has 7 heteroatoms. The summed E-state index contributed by atoms with van der Waals surface area (Å²) in [6, 6.07) is 22.0. The normalized spacial score (nSPS) is 12.4. The van der Waals surface area contributed by atoms with E-state index in [4.69, 9.17) is 4.74 Å². The van der Waals surface area contributed by atoms with Crippen LogP contribution in [0.2, 0.25) is 0 Å². The molecule has 4 aromatic rings. The van der Waals surface area contributed by atoms with Gasteiger partial charge in [0.2, 0.25) is 5.91 Å². The van der Waals surface area contributed by atoms with Crippen molar-refractivity contribution in [3.63, 3.8) is 0 Å². The Labute approximate surface area is 215 Å². The summed E-state index contributed by atoms with van der Waals surface area (Å²) in [6.45, 7) is 10.2. The third-order valence-corrected chi connectivity index (χ3v) is 6.75. The average Bonchev–Trinajstić information content (AvgIpc) is 3.23. The summed E-state index contributed by atoms with van der Waals surface area (Å²) in [5.74, 6) is 0.752. The third kappa shape index (κ3) is 6.10. The first-order valence-electron chi connectivity index (χ1n) is 12.0. The van der Waals surface area contributed by atoms with E-state index in [9.17, 15) is 9.59 Å². The summed E-state index contributed by atoms with van der Waals surface area (Å²) in [5, 5.41) is 6.24. The van der Waals surface area contributed by atoms with Crippen LogP contribution in [0.25, 0.3) is 10.2 Å². The van der Waals surface area contributed by atoms with Crippen LogP contribution in [-0.2, 0) is 10.2 Å². The minimum Gasteiger partial charge on any atom is -0.457 e. The number of amides is 2. The van der Waals surface area contributed by atoms with E-state index in [2.05, 4.69) is 36.4 Å². The highest BCUT2D eigenvalue weighted by Gasteiger charge is 2.26. The summed E-state index contributed by atoms with van der Waals surface area (Å²) in [5.41, 5.74) is 2.43. The molecular weight excluding hydrogens is 470 g/mol. The van der Waals surface area contributed by atoms with E-state index < -0.39 is 6.04 Å². The smallest absolute Gasteiger partial charge is 0.251 e. The van der Waals surface area contributed by atoms with Crippen LogP contribution < -0.4 is 15.4 Å². The molecule has 0 aliphatic rings. The number of nitrogens with zero attached hydrogens (tertiary/aromatic N) is 1. The number of carbonyl (C=O) groups excluding carboxylic acids is 2. The van der Waals surface area contributed by atoms with Gasteiger partial charge in [0.1, 0.15) is 17.5 Å². The number of fused-ring (bicyclic) bond motifs is 1. The topological polar surface area (TPSA) is 80.3 Å². The summed E-state index contributed by atoms with van der Waals surface area (Å²) >= 11 is 1.36. The van der Waals surface area contributed by atoms with Gasteiger partial charge in [-0.3, -0.25) is 9.59 Å². The van der Waals surface area contributed by atoms with E-state index in [1.165, 1.54) is 11.3 Å². The van der Waals surface area contributed by atoms with Gasteiger partial charge in [0.05, 0.1) is 10.2 Å². The fourth-order valence-corrected chi connectivity index (χ4v) is 4.61. The fraction of sp³-hybridized carbons (Fsp3) is 0.276. The molecule has 6 nitrogen and oxygen atoms in total. The molecule has 1 aromatic heterocycles. The molecule has 0 fully saturated rings. The SMILES string of the molecule is CC(C)C(NC(=O)c1ccc(C(C)(C)C)cc1)C(=O)Nc1nc2ccc(Oc3ccccc3)cc2s1. The largest absolute Gasteiger partial charge is 0.457 e. The monoisotopic (exact) mass is 501 g/mol. The van der Waals surface area contributed by atoms with Gasteiger partial charge in [-0.1, -0.05) is 76.3 Å². The second kappa shape index (κ2) is 10.5. The number of ether oxygens (including phenoxy) is 1. The van der Waals surface area contributed by atoms with Crippen LogP contribution in [0.5, 0.6) is 11.5 Å². The van der Waals surface area contributed by atoms with Gasteiger partial charge in [-0.05, 0) is 53.3 Å². The number of rotatable bonds is 7. The van der Waals surface area contributed by atoms with Crippen molar-refractivity contribution >= 4 is 38.5 Å². The maximum Gasteiger partial charge on any atom is 0.251 e. The molecule has 0 spiro atoms. The molecule has 1 atom stereocenters. The Morgan fingerprint density at radius 2 is 1.61 bits per heavy atom. The summed E-state index contributed by atoms with van der Waals surface area (Å²) in [6.07, 6.45) is 0. The van der Waals surface area contributed by atoms with Crippen molar-refractivity contribution in [2.45, 2.75) is 46.1 Å². The predicted octanol–water partition coefficient (Wildman–Crippen LogP) is 6.78. The molecule has 0 radical (unpaired) electrons. The lowest BCUT2D eigenvalue weighted by molar-refractivity contribution is -0.118. The number of aromatic nitrogens is 1. The van der Waals surface area contributed by atoms with Crippen molar-refractivity contribution in [2.24, 2.45) is 5.92 Å². The maximum absolute atomic E-state index is 13.1. The van der Waals surface area contributed by atoms with Crippen LogP contribution in [-0.4, -0.2) is 22.8 Å². The van der Waals surface area contributed by atoms with Crippen molar-refractivity contribution < 1.29 is 14.3 Å². The minimum atomic E-state index is -0.705. The molecule has 0 aliphatic carbocycles. The number of carbonyl (C=O) groups is 2. The Bertz CT molecular complexity index is 1360. The van der Waals surface area contributed by atoms with E-state index in [-0.39, 0.29) is 23.1 Å². The molecule has 2 N–H and O–H groups in total. The number of nitrogens with one attached hydrogen (secondary N) is 2. The zero-order valence-electron chi connectivity index (χ0n) is 21.2. The van der Waals surface area contributed by atoms with Crippen LogP contribution in [0.4, 0.5) is 5.13 Å². The maximum atomic E-state index is 13.1. The fourth-order valence-electron chi connectivity index (χ4n) is 3.71. The Morgan fingerprint density at radius 3 is 2.25 bits per heavy atom. The lowest BCUT2D eigenvalue weighted by Gasteiger charge is -2.22. The van der Waals surface area contributed by atoms with Gasteiger partial charge in [-0.25, -0.2) is 4.98 Å². The van der Waals surface area contributed by atoms with Gasteiger partial charge in [0, 0.05) is 11.6 Å². The van der Waals surface area contributed by atoms with E-state index >= 15 is 0 Å². The Hall–Kier alpha value is -3.71. The van der Waals surface area contributed by atoms with Crippen molar-refractivity contribution in [3.8, 4) is 11.5 Å². The van der Waals surface area contributed by atoms with Gasteiger partial charge in [0.15, 0.2) is 5.13 Å². The molecule has 1 unspecified atom stereocenters. The molecule has 0 aliphatic heterocycles. The predicted molar refractivity (Wildman–Crippen MR) is 146 cm³/mol. The second-order valence-corrected chi connectivity index (χ2v) is 11.1. The van der Waals surface area contributed by atoms with Crippen LogP contribution in [0.3, 0.4) is 0 Å². The Kier molecular flexibility index (Phi) is 7.40. The van der Waals surface area contributed by atoms with Crippen molar-refractivity contribution in [1.29, 1.82) is 0 Å². The highest BCUT2D eigenvalue weighted by atomic mass is 32.1. The molecule has 1 heterocycles. The van der Waals surface area contributed by atoms with Crippen molar-refractivity contribution in [2.75, 3.05) is 5.32 Å². The van der Waals surface area contributed by atoms with E-state index in [1.54, 1.807) is 12.1 Å². The van der Waals surface area contributed by atoms with Gasteiger partial charge in [-0.15, -0.1) is 0 Å². The van der Waals surface area contributed by atoms with Crippen LogP contribution in [0, 0.1) is 5.92 Å². The zero-order valence-corrected chi connectivity index (χ0v) is 22.0. The number of anilines is 1. The molecule has 3 aromatic carbocycles. The number of hydrogen-bond donors (Lipinski definition) is 2. The molecular formula is C29H31N3O3S. The molecule has 0 bridgehead atoms. The second-order valence-electron chi connectivity index (χ2n) is 10.1. The molecule has 0 saturated heterocycles. The van der Waals surface area contributed by atoms with E-state index in [0.29, 0.717) is 16.4 Å². The summed E-state index contributed by atoms with van der Waals surface area (Å²) in [4.78, 5) is 30.5. The van der Waals surface area contributed by atoms with Gasteiger partial charge < -0.3 is 15.4 Å². The van der Waals surface area contributed by atoms with Gasteiger partial charge >= 0.3 is 0 Å². The molecule has 4 rings (SSSR count). The molecule has 36 heavy (non-hydrogen) atoms. The minimum absolute atomic E-state index is 0.00104.